The highest BCUT2D eigenvalue weighted by molar-refractivity contribution is 6.35. The zero-order valence-electron chi connectivity index (χ0n) is 15.1. The molecule has 0 amide bonds. The number of benzene rings is 2. The van der Waals surface area contributed by atoms with Crippen LogP contribution in [-0.4, -0.2) is 0 Å². The maximum absolute atomic E-state index is 13.0. The van der Waals surface area contributed by atoms with Crippen LogP contribution in [0.15, 0.2) is 67.0 Å². The molecular weight excluding hydrogens is 413 g/mol. The quantitative estimate of drug-likeness (QED) is 0.354. The number of hydrogen-bond acceptors (Lipinski definition) is 5. The number of anilines is 2. The fourth-order valence-electron chi connectivity index (χ4n) is 3.89. The first kappa shape index (κ1) is 18.0. The first-order valence-electron chi connectivity index (χ1n) is 8.86. The van der Waals surface area contributed by atoms with Crippen molar-refractivity contribution in [1.29, 1.82) is 0 Å². The fraction of sp³-hybridized carbons (Fsp3) is 0.0909. The summed E-state index contributed by atoms with van der Waals surface area (Å²) >= 11 is 12.5. The van der Waals surface area contributed by atoms with E-state index in [4.69, 9.17) is 32.0 Å². The molecule has 2 aromatic heterocycles. The number of aryl methyl sites for hydroxylation is 1. The standard InChI is InChI=1S/C22H13Cl2NO4/c1-10-8-15-18(21(26)28-10)17(12-7-6-11(23)9-14(12)24)19-20(25-15)13-4-2-3-5-16(13)29-22(19)27/h2-9,17,25H,1H3. The summed E-state index contributed by atoms with van der Waals surface area (Å²) in [7, 11) is 0. The smallest absolute Gasteiger partial charge is 0.342 e. The average Bonchev–Trinajstić information content (AvgIpc) is 2.66. The molecule has 5 nitrogen and oxygen atoms in total. The molecule has 3 heterocycles. The lowest BCUT2D eigenvalue weighted by Crippen LogP contribution is -2.27. The maximum Gasteiger partial charge on any atom is 0.342 e. The van der Waals surface area contributed by atoms with Crippen molar-refractivity contribution in [1.82, 2.24) is 0 Å². The van der Waals surface area contributed by atoms with E-state index in [1.165, 1.54) is 0 Å². The van der Waals surface area contributed by atoms with Gasteiger partial charge in [0, 0.05) is 21.5 Å². The van der Waals surface area contributed by atoms with E-state index in [9.17, 15) is 9.59 Å². The fourth-order valence-corrected chi connectivity index (χ4v) is 4.40. The molecular formula is C22H13Cl2NO4. The summed E-state index contributed by atoms with van der Waals surface area (Å²) in [5.41, 5.74) is 1.69. The van der Waals surface area contributed by atoms with Crippen LogP contribution >= 0.6 is 23.2 Å². The van der Waals surface area contributed by atoms with E-state index in [-0.39, 0.29) is 0 Å². The minimum absolute atomic E-state index is 0.301. The minimum atomic E-state index is -0.760. The number of halogens is 2. The number of nitrogens with one attached hydrogen (secondary N) is 1. The van der Waals surface area contributed by atoms with Gasteiger partial charge in [0.05, 0.1) is 28.4 Å². The number of rotatable bonds is 1. The van der Waals surface area contributed by atoms with Gasteiger partial charge >= 0.3 is 11.3 Å². The third-order valence-electron chi connectivity index (χ3n) is 5.07. The minimum Gasteiger partial charge on any atom is -0.428 e. The van der Waals surface area contributed by atoms with E-state index in [0.717, 1.165) is 5.39 Å². The van der Waals surface area contributed by atoms with Gasteiger partial charge in [0.25, 0.3) is 0 Å². The Labute approximate surface area is 174 Å². The molecule has 1 aliphatic rings. The Bertz CT molecular complexity index is 1420. The molecule has 1 unspecified atom stereocenters. The second kappa shape index (κ2) is 6.51. The second-order valence-corrected chi connectivity index (χ2v) is 7.71. The number of hydrogen-bond donors (Lipinski definition) is 1. The van der Waals surface area contributed by atoms with Gasteiger partial charge in [0.15, 0.2) is 0 Å². The molecule has 1 atom stereocenters. The predicted octanol–water partition coefficient (Wildman–Crippen LogP) is 5.60. The van der Waals surface area contributed by atoms with Crippen molar-refractivity contribution in [2.45, 2.75) is 12.8 Å². The Kier molecular flexibility index (Phi) is 4.05. The van der Waals surface area contributed by atoms with Crippen molar-refractivity contribution in [3.05, 3.63) is 102 Å². The Morgan fingerprint density at radius 3 is 2.48 bits per heavy atom. The molecule has 0 bridgehead atoms. The highest BCUT2D eigenvalue weighted by atomic mass is 35.5. The highest BCUT2D eigenvalue weighted by Crippen LogP contribution is 2.46. The molecule has 0 radical (unpaired) electrons. The van der Waals surface area contributed by atoms with Crippen molar-refractivity contribution < 1.29 is 8.83 Å². The zero-order valence-corrected chi connectivity index (χ0v) is 16.6. The second-order valence-electron chi connectivity index (χ2n) is 6.87. The van der Waals surface area contributed by atoms with Crippen molar-refractivity contribution >= 4 is 45.5 Å². The van der Waals surface area contributed by atoms with E-state index in [1.54, 1.807) is 43.3 Å². The van der Waals surface area contributed by atoms with Crippen LogP contribution in [0.5, 0.6) is 0 Å². The number of para-hydroxylation sites is 1. The van der Waals surface area contributed by atoms with E-state index in [1.807, 2.05) is 12.1 Å². The zero-order chi connectivity index (χ0) is 20.3. The summed E-state index contributed by atoms with van der Waals surface area (Å²) in [5.74, 6) is -0.304. The van der Waals surface area contributed by atoms with E-state index in [0.29, 0.717) is 49.5 Å². The lowest BCUT2D eigenvalue weighted by atomic mass is 9.82. The summed E-state index contributed by atoms with van der Waals surface area (Å²) in [5, 5.41) is 4.77. The summed E-state index contributed by atoms with van der Waals surface area (Å²) in [6.07, 6.45) is 0. The van der Waals surface area contributed by atoms with Crippen molar-refractivity contribution in [3.63, 3.8) is 0 Å². The molecule has 0 spiro atoms. The van der Waals surface area contributed by atoms with Crippen LogP contribution in [0.3, 0.4) is 0 Å². The van der Waals surface area contributed by atoms with Crippen LogP contribution < -0.4 is 16.6 Å². The first-order chi connectivity index (χ1) is 13.9. The summed E-state index contributed by atoms with van der Waals surface area (Å²) in [6, 6.07) is 13.9. The SMILES string of the molecule is Cc1cc2c(c(=O)o1)C(c1ccc(Cl)cc1Cl)c1c(c3ccccc3oc1=O)N2. The van der Waals surface area contributed by atoms with Crippen LogP contribution in [0.1, 0.15) is 28.4 Å². The summed E-state index contributed by atoms with van der Waals surface area (Å²) in [4.78, 5) is 25.8. The predicted molar refractivity (Wildman–Crippen MR) is 113 cm³/mol. The monoisotopic (exact) mass is 425 g/mol. The third kappa shape index (κ3) is 2.77. The van der Waals surface area contributed by atoms with E-state index in [2.05, 4.69) is 5.32 Å². The van der Waals surface area contributed by atoms with Crippen molar-refractivity contribution in [3.8, 4) is 0 Å². The molecule has 1 aliphatic heterocycles. The molecule has 7 heteroatoms. The molecule has 0 fully saturated rings. The van der Waals surface area contributed by atoms with Gasteiger partial charge in [-0.2, -0.15) is 0 Å². The highest BCUT2D eigenvalue weighted by Gasteiger charge is 2.36. The van der Waals surface area contributed by atoms with Crippen LogP contribution in [-0.2, 0) is 0 Å². The van der Waals surface area contributed by atoms with Gasteiger partial charge in [-0.25, -0.2) is 9.59 Å². The van der Waals surface area contributed by atoms with Crippen LogP contribution in [0.2, 0.25) is 10.0 Å². The van der Waals surface area contributed by atoms with Gasteiger partial charge in [-0.1, -0.05) is 41.4 Å². The van der Waals surface area contributed by atoms with Gasteiger partial charge in [0.1, 0.15) is 11.3 Å². The van der Waals surface area contributed by atoms with E-state index < -0.39 is 17.2 Å². The Balaban J connectivity index is 1.94. The molecule has 0 saturated heterocycles. The first-order valence-corrected chi connectivity index (χ1v) is 9.62. The van der Waals surface area contributed by atoms with Crippen LogP contribution in [0.25, 0.3) is 11.0 Å². The molecule has 5 rings (SSSR count). The van der Waals surface area contributed by atoms with Gasteiger partial charge in [-0.05, 0) is 36.8 Å². The van der Waals surface area contributed by atoms with Gasteiger partial charge < -0.3 is 14.2 Å². The lowest BCUT2D eigenvalue weighted by molar-refractivity contribution is 0.470. The Hall–Kier alpha value is -3.02. The summed E-state index contributed by atoms with van der Waals surface area (Å²) in [6.45, 7) is 1.70. The van der Waals surface area contributed by atoms with Crippen molar-refractivity contribution in [2.24, 2.45) is 0 Å². The van der Waals surface area contributed by atoms with Gasteiger partial charge in [0.2, 0.25) is 0 Å². The molecule has 2 aromatic carbocycles. The van der Waals surface area contributed by atoms with Gasteiger partial charge in [-0.3, -0.25) is 0 Å². The molecule has 144 valence electrons. The van der Waals surface area contributed by atoms with Crippen LogP contribution in [0, 0.1) is 6.92 Å². The average molecular weight is 426 g/mol. The Morgan fingerprint density at radius 1 is 0.931 bits per heavy atom. The normalized spacial score (nSPS) is 14.9. The van der Waals surface area contributed by atoms with Gasteiger partial charge in [-0.15, -0.1) is 0 Å². The Morgan fingerprint density at radius 2 is 1.69 bits per heavy atom. The molecule has 29 heavy (non-hydrogen) atoms. The maximum atomic E-state index is 13.0. The molecule has 1 N–H and O–H groups in total. The topological polar surface area (TPSA) is 72.5 Å². The van der Waals surface area contributed by atoms with Crippen molar-refractivity contribution in [2.75, 3.05) is 5.32 Å². The largest absolute Gasteiger partial charge is 0.428 e. The molecule has 0 aliphatic carbocycles. The van der Waals surface area contributed by atoms with E-state index >= 15 is 0 Å². The third-order valence-corrected chi connectivity index (χ3v) is 5.63. The van der Waals surface area contributed by atoms with Crippen LogP contribution in [0.4, 0.5) is 11.4 Å². The molecule has 4 aromatic rings. The molecule has 0 saturated carbocycles. The lowest BCUT2D eigenvalue weighted by Gasteiger charge is -2.28. The number of fused-ring (bicyclic) bond motifs is 4. The summed E-state index contributed by atoms with van der Waals surface area (Å²) < 4.78 is 10.9.